The van der Waals surface area contributed by atoms with Gasteiger partial charge in [-0.15, -0.1) is 0 Å². The van der Waals surface area contributed by atoms with Crippen molar-refractivity contribution >= 4 is 17.7 Å². The lowest BCUT2D eigenvalue weighted by molar-refractivity contribution is -0.133. The second-order valence-electron chi connectivity index (χ2n) is 6.63. The highest BCUT2D eigenvalue weighted by molar-refractivity contribution is 8.00. The molecule has 0 bridgehead atoms. The van der Waals surface area contributed by atoms with E-state index in [0.717, 1.165) is 12.2 Å². The van der Waals surface area contributed by atoms with Crippen molar-refractivity contribution in [3.05, 3.63) is 35.9 Å². The van der Waals surface area contributed by atoms with Crippen LogP contribution in [0.15, 0.2) is 30.3 Å². The van der Waals surface area contributed by atoms with Gasteiger partial charge in [-0.05, 0) is 31.6 Å². The number of halogens is 1. The summed E-state index contributed by atoms with van der Waals surface area (Å²) in [4.78, 5) is 13.9. The molecule has 24 heavy (non-hydrogen) atoms. The lowest BCUT2D eigenvalue weighted by atomic mass is 10.0. The second kappa shape index (κ2) is 8.00. The molecule has 1 fully saturated rings. The molecule has 1 aromatic carbocycles. The van der Waals surface area contributed by atoms with Gasteiger partial charge < -0.3 is 10.6 Å². The van der Waals surface area contributed by atoms with Gasteiger partial charge in [-0.2, -0.15) is 17.0 Å². The van der Waals surface area contributed by atoms with E-state index in [-0.39, 0.29) is 18.9 Å². The van der Waals surface area contributed by atoms with E-state index in [2.05, 4.69) is 12.1 Å². The van der Waals surface area contributed by atoms with Crippen molar-refractivity contribution in [2.45, 2.75) is 49.7 Å². The predicted molar refractivity (Wildman–Crippen MR) is 95.3 cm³/mol. The van der Waals surface area contributed by atoms with Crippen molar-refractivity contribution < 1.29 is 9.18 Å². The minimum atomic E-state index is -1.14. The van der Waals surface area contributed by atoms with Gasteiger partial charge >= 0.3 is 0 Å². The zero-order valence-corrected chi connectivity index (χ0v) is 14.9. The van der Waals surface area contributed by atoms with Crippen LogP contribution in [0, 0.1) is 11.3 Å². The van der Waals surface area contributed by atoms with Crippen molar-refractivity contribution in [3.8, 4) is 6.07 Å². The number of hydrogen-bond acceptors (Lipinski definition) is 4. The summed E-state index contributed by atoms with van der Waals surface area (Å²) in [6.45, 7) is 3.82. The van der Waals surface area contributed by atoms with Crippen LogP contribution in [-0.2, 0) is 11.2 Å². The summed E-state index contributed by atoms with van der Waals surface area (Å²) in [6, 6.07) is 10.7. The fourth-order valence-corrected chi connectivity index (χ4v) is 3.94. The minimum absolute atomic E-state index is 0.0322. The van der Waals surface area contributed by atoms with Crippen LogP contribution in [0.25, 0.3) is 0 Å². The normalized spacial score (nSPS) is 22.2. The molecule has 1 aliphatic heterocycles. The fraction of sp³-hybridized carbons (Fsp3) is 0.556. The van der Waals surface area contributed by atoms with Crippen LogP contribution < -0.4 is 5.73 Å². The van der Waals surface area contributed by atoms with Gasteiger partial charge in [0.15, 0.2) is 0 Å². The van der Waals surface area contributed by atoms with Crippen LogP contribution in [0.3, 0.4) is 0 Å². The molecule has 0 unspecified atom stereocenters. The maximum Gasteiger partial charge on any atom is 0.242 e. The third kappa shape index (κ3) is 4.49. The van der Waals surface area contributed by atoms with Gasteiger partial charge in [-0.3, -0.25) is 4.79 Å². The number of rotatable bonds is 6. The van der Waals surface area contributed by atoms with Crippen LogP contribution in [0.5, 0.6) is 0 Å². The molecule has 130 valence electrons. The lowest BCUT2D eigenvalue weighted by Crippen LogP contribution is -2.54. The number of aryl methyl sites for hydroxylation is 1. The Morgan fingerprint density at radius 3 is 2.79 bits per heavy atom. The third-order valence-corrected chi connectivity index (χ3v) is 5.81. The number of benzene rings is 1. The molecule has 0 aromatic heterocycles. The SMILES string of the molecule is CC(C)(SCCc1ccccc1)[C@H](N)C(=O)N1C[C@@H](F)C[C@H]1C#N. The van der Waals surface area contributed by atoms with Crippen molar-refractivity contribution in [1.82, 2.24) is 4.90 Å². The van der Waals surface area contributed by atoms with E-state index in [1.807, 2.05) is 38.1 Å². The highest BCUT2D eigenvalue weighted by Crippen LogP contribution is 2.31. The zero-order chi connectivity index (χ0) is 17.7. The smallest absolute Gasteiger partial charge is 0.242 e. The van der Waals surface area contributed by atoms with Crippen LogP contribution in [0.4, 0.5) is 4.39 Å². The summed E-state index contributed by atoms with van der Waals surface area (Å²) in [6.07, 6.45) is -0.164. The van der Waals surface area contributed by atoms with Crippen molar-refractivity contribution in [1.29, 1.82) is 5.26 Å². The highest BCUT2D eigenvalue weighted by Gasteiger charge is 2.41. The van der Waals surface area contributed by atoms with Crippen LogP contribution in [0.2, 0.25) is 0 Å². The first kappa shape index (κ1) is 18.8. The molecule has 2 N–H and O–H groups in total. The Balaban J connectivity index is 1.92. The van der Waals surface area contributed by atoms with Crippen LogP contribution in [0.1, 0.15) is 25.8 Å². The van der Waals surface area contributed by atoms with Crippen molar-refractivity contribution in [2.75, 3.05) is 12.3 Å². The molecule has 3 atom stereocenters. The molecule has 1 saturated heterocycles. The Morgan fingerprint density at radius 1 is 1.50 bits per heavy atom. The molecule has 0 saturated carbocycles. The molecule has 0 radical (unpaired) electrons. The zero-order valence-electron chi connectivity index (χ0n) is 14.1. The van der Waals surface area contributed by atoms with Crippen LogP contribution in [-0.4, -0.2) is 46.1 Å². The molecule has 0 aliphatic carbocycles. The van der Waals surface area contributed by atoms with Crippen molar-refractivity contribution in [3.63, 3.8) is 0 Å². The van der Waals surface area contributed by atoms with Gasteiger partial charge in [-0.1, -0.05) is 30.3 Å². The molecule has 2 rings (SSSR count). The average Bonchev–Trinajstić information content (AvgIpc) is 2.95. The molecular weight excluding hydrogens is 325 g/mol. The topological polar surface area (TPSA) is 70.1 Å². The first-order chi connectivity index (χ1) is 11.3. The van der Waals surface area contributed by atoms with Gasteiger partial charge in [0.2, 0.25) is 5.91 Å². The second-order valence-corrected chi connectivity index (χ2v) is 8.38. The number of amides is 1. The standard InChI is InChI=1S/C18H24FN3OS/c1-18(2,24-9-8-13-6-4-3-5-7-13)16(21)17(23)22-12-14(19)10-15(22)11-20/h3-7,14-16H,8-10,12,21H2,1-2H3/t14-,15-,16+/m0/s1. The quantitative estimate of drug-likeness (QED) is 0.857. The van der Waals surface area contributed by atoms with E-state index in [9.17, 15) is 9.18 Å². The van der Waals surface area contributed by atoms with Crippen LogP contribution >= 0.6 is 11.8 Å². The summed E-state index contributed by atoms with van der Waals surface area (Å²) in [5, 5.41) is 9.10. The highest BCUT2D eigenvalue weighted by atomic mass is 32.2. The number of carbonyl (C=O) groups excluding carboxylic acids is 1. The van der Waals surface area contributed by atoms with Gasteiger partial charge in [-0.25, -0.2) is 4.39 Å². The van der Waals surface area contributed by atoms with Gasteiger partial charge in [0, 0.05) is 11.2 Å². The summed E-state index contributed by atoms with van der Waals surface area (Å²) in [5.74, 6) is 0.504. The minimum Gasteiger partial charge on any atom is -0.322 e. The van der Waals surface area contributed by atoms with E-state index in [1.54, 1.807) is 11.8 Å². The Hall–Kier alpha value is -1.58. The molecule has 1 aliphatic rings. The number of carbonyl (C=O) groups is 1. The largest absolute Gasteiger partial charge is 0.322 e. The van der Waals surface area contributed by atoms with E-state index in [4.69, 9.17) is 11.0 Å². The third-order valence-electron chi connectivity index (χ3n) is 4.40. The maximum atomic E-state index is 13.5. The predicted octanol–water partition coefficient (Wildman–Crippen LogP) is 2.53. The molecule has 1 amide bonds. The molecule has 1 aromatic rings. The number of nitriles is 1. The number of hydrogen-bond donors (Lipinski definition) is 1. The monoisotopic (exact) mass is 349 g/mol. The first-order valence-electron chi connectivity index (χ1n) is 8.13. The Kier molecular flexibility index (Phi) is 6.25. The number of thioether (sulfide) groups is 1. The summed E-state index contributed by atoms with van der Waals surface area (Å²) >= 11 is 1.63. The molecule has 1 heterocycles. The molecular formula is C18H24FN3OS. The van der Waals surface area contributed by atoms with E-state index >= 15 is 0 Å². The van der Waals surface area contributed by atoms with E-state index in [1.165, 1.54) is 10.5 Å². The Morgan fingerprint density at radius 2 is 2.17 bits per heavy atom. The summed E-state index contributed by atoms with van der Waals surface area (Å²) in [5.41, 5.74) is 7.41. The fourth-order valence-electron chi connectivity index (χ4n) is 2.79. The number of alkyl halides is 1. The first-order valence-corrected chi connectivity index (χ1v) is 9.11. The van der Waals surface area contributed by atoms with E-state index in [0.29, 0.717) is 0 Å². The van der Waals surface area contributed by atoms with Gasteiger partial charge in [0.05, 0.1) is 18.7 Å². The van der Waals surface area contributed by atoms with Gasteiger partial charge in [0.1, 0.15) is 12.2 Å². The lowest BCUT2D eigenvalue weighted by Gasteiger charge is -2.33. The van der Waals surface area contributed by atoms with Crippen molar-refractivity contribution in [2.24, 2.45) is 5.73 Å². The Bertz CT molecular complexity index is 602. The number of nitrogens with two attached hydrogens (primary N) is 1. The number of likely N-dealkylation sites (tertiary alicyclic amines) is 1. The summed E-state index contributed by atoms with van der Waals surface area (Å²) < 4.78 is 13.0. The summed E-state index contributed by atoms with van der Waals surface area (Å²) in [7, 11) is 0. The molecule has 4 nitrogen and oxygen atoms in total. The van der Waals surface area contributed by atoms with E-state index < -0.39 is 23.0 Å². The molecule has 6 heteroatoms. The average molecular weight is 349 g/mol. The van der Waals surface area contributed by atoms with Gasteiger partial charge in [0.25, 0.3) is 0 Å². The number of nitrogens with zero attached hydrogens (tertiary/aromatic N) is 2. The Labute approximate surface area is 147 Å². The molecule has 0 spiro atoms. The maximum absolute atomic E-state index is 13.5.